The van der Waals surface area contributed by atoms with E-state index in [1.54, 1.807) is 13.0 Å². The topological polar surface area (TPSA) is 43.1 Å². The zero-order valence-corrected chi connectivity index (χ0v) is 8.09. The summed E-state index contributed by atoms with van der Waals surface area (Å²) in [6.45, 7) is 5.23. The monoisotopic (exact) mass is 191 g/mol. The van der Waals surface area contributed by atoms with Gasteiger partial charge in [-0.05, 0) is 5.56 Å². The third-order valence-electron chi connectivity index (χ3n) is 2.29. The van der Waals surface area contributed by atoms with Crippen molar-refractivity contribution in [2.24, 2.45) is 0 Å². The number of rotatable bonds is 4. The minimum Gasteiger partial charge on any atom is -0.264 e. The van der Waals surface area contributed by atoms with E-state index in [4.69, 9.17) is 0 Å². The smallest absolute Gasteiger partial charge is 0.220 e. The summed E-state index contributed by atoms with van der Waals surface area (Å²) in [6.07, 6.45) is 1.63. The van der Waals surface area contributed by atoms with Crippen molar-refractivity contribution in [2.75, 3.05) is 0 Å². The normalized spacial score (nSPS) is 14.4. The van der Waals surface area contributed by atoms with Gasteiger partial charge >= 0.3 is 0 Å². The molecule has 0 N–H and O–H groups in total. The van der Waals surface area contributed by atoms with Crippen LogP contribution in [-0.2, 0) is 0 Å². The van der Waals surface area contributed by atoms with Gasteiger partial charge in [-0.1, -0.05) is 36.4 Å². The molecule has 2 atom stereocenters. The number of nitrogens with zero attached hydrogens (tertiary/aromatic N) is 1. The van der Waals surface area contributed by atoms with Gasteiger partial charge in [-0.25, -0.2) is 0 Å². The number of hydrogen-bond acceptors (Lipinski definition) is 2. The Hall–Kier alpha value is -1.64. The minimum atomic E-state index is -0.630. The van der Waals surface area contributed by atoms with Crippen molar-refractivity contribution >= 4 is 0 Å². The van der Waals surface area contributed by atoms with Crippen LogP contribution in [0, 0.1) is 10.1 Å². The van der Waals surface area contributed by atoms with E-state index in [0.717, 1.165) is 5.56 Å². The Bertz CT molecular complexity index is 321. The summed E-state index contributed by atoms with van der Waals surface area (Å²) < 4.78 is 0. The van der Waals surface area contributed by atoms with E-state index in [-0.39, 0.29) is 10.8 Å². The third kappa shape index (κ3) is 2.19. The Labute approximate surface area is 83.2 Å². The van der Waals surface area contributed by atoms with Gasteiger partial charge in [0.25, 0.3) is 0 Å². The Morgan fingerprint density at radius 1 is 1.43 bits per heavy atom. The molecule has 1 aromatic carbocycles. The molecule has 0 aliphatic heterocycles. The van der Waals surface area contributed by atoms with E-state index in [1.807, 2.05) is 30.3 Å². The van der Waals surface area contributed by atoms with Crippen molar-refractivity contribution in [3.8, 4) is 0 Å². The van der Waals surface area contributed by atoms with E-state index in [0.29, 0.717) is 0 Å². The van der Waals surface area contributed by atoms with E-state index < -0.39 is 6.04 Å². The number of hydrogen-bond donors (Lipinski definition) is 0. The molecule has 14 heavy (non-hydrogen) atoms. The Morgan fingerprint density at radius 2 is 2.00 bits per heavy atom. The summed E-state index contributed by atoms with van der Waals surface area (Å²) in [5, 5.41) is 10.6. The second kappa shape index (κ2) is 4.56. The highest BCUT2D eigenvalue weighted by Gasteiger charge is 2.24. The Balaban J connectivity index is 2.93. The minimum absolute atomic E-state index is 0.216. The van der Waals surface area contributed by atoms with Gasteiger partial charge in [0.15, 0.2) is 0 Å². The standard InChI is InChI=1S/C11H13NO2/c1-3-11(9(2)12(13)14)10-7-5-4-6-8-10/h3-9,11H,1H2,2H3. The molecule has 74 valence electrons. The summed E-state index contributed by atoms with van der Waals surface area (Å²) in [7, 11) is 0. The highest BCUT2D eigenvalue weighted by atomic mass is 16.6. The second-order valence-corrected chi connectivity index (χ2v) is 3.20. The largest absolute Gasteiger partial charge is 0.264 e. The second-order valence-electron chi connectivity index (χ2n) is 3.20. The van der Waals surface area contributed by atoms with Crippen LogP contribution < -0.4 is 0 Å². The van der Waals surface area contributed by atoms with Gasteiger partial charge in [-0.15, -0.1) is 6.58 Å². The maximum absolute atomic E-state index is 10.6. The summed E-state index contributed by atoms with van der Waals surface area (Å²) >= 11 is 0. The van der Waals surface area contributed by atoms with Crippen molar-refractivity contribution in [3.63, 3.8) is 0 Å². The summed E-state index contributed by atoms with van der Waals surface area (Å²) in [6, 6.07) is 8.77. The molecular weight excluding hydrogens is 178 g/mol. The molecule has 0 aliphatic carbocycles. The Morgan fingerprint density at radius 3 is 2.43 bits per heavy atom. The predicted octanol–water partition coefficient (Wildman–Crippen LogP) is 2.62. The van der Waals surface area contributed by atoms with Gasteiger partial charge in [-0.2, -0.15) is 0 Å². The molecule has 0 saturated heterocycles. The molecule has 0 aliphatic rings. The highest BCUT2D eigenvalue weighted by Crippen LogP contribution is 2.21. The molecule has 0 saturated carbocycles. The average molecular weight is 191 g/mol. The number of nitro groups is 1. The van der Waals surface area contributed by atoms with Crippen LogP contribution in [0.2, 0.25) is 0 Å². The van der Waals surface area contributed by atoms with E-state index in [1.165, 1.54) is 0 Å². The lowest BCUT2D eigenvalue weighted by molar-refractivity contribution is -0.520. The summed E-state index contributed by atoms with van der Waals surface area (Å²) in [5.41, 5.74) is 0.937. The van der Waals surface area contributed by atoms with Gasteiger partial charge in [0.1, 0.15) is 0 Å². The molecule has 0 radical (unpaired) electrons. The van der Waals surface area contributed by atoms with Crippen molar-refractivity contribution < 1.29 is 4.92 Å². The number of benzene rings is 1. The van der Waals surface area contributed by atoms with Crippen molar-refractivity contribution in [1.82, 2.24) is 0 Å². The third-order valence-corrected chi connectivity index (χ3v) is 2.29. The fraction of sp³-hybridized carbons (Fsp3) is 0.273. The lowest BCUT2D eigenvalue weighted by Gasteiger charge is -2.13. The van der Waals surface area contributed by atoms with Crippen LogP contribution in [0.5, 0.6) is 0 Å². The molecule has 0 bridgehead atoms. The lowest BCUT2D eigenvalue weighted by Crippen LogP contribution is -2.22. The molecule has 0 aromatic heterocycles. The molecular formula is C11H13NO2. The predicted molar refractivity (Wildman–Crippen MR) is 55.8 cm³/mol. The zero-order chi connectivity index (χ0) is 10.6. The fourth-order valence-corrected chi connectivity index (χ4v) is 1.42. The zero-order valence-electron chi connectivity index (χ0n) is 8.09. The summed E-state index contributed by atoms with van der Waals surface area (Å²) in [5.74, 6) is -0.216. The van der Waals surface area contributed by atoms with Crippen molar-refractivity contribution in [3.05, 3.63) is 58.7 Å². The van der Waals surface area contributed by atoms with Gasteiger partial charge in [0.2, 0.25) is 6.04 Å². The van der Waals surface area contributed by atoms with Crippen LogP contribution in [0.1, 0.15) is 18.4 Å². The molecule has 1 aromatic rings. The maximum Gasteiger partial charge on any atom is 0.220 e. The summed E-state index contributed by atoms with van der Waals surface area (Å²) in [4.78, 5) is 10.4. The van der Waals surface area contributed by atoms with E-state index in [2.05, 4.69) is 6.58 Å². The first-order chi connectivity index (χ1) is 6.66. The van der Waals surface area contributed by atoms with Crippen molar-refractivity contribution in [2.45, 2.75) is 18.9 Å². The fourth-order valence-electron chi connectivity index (χ4n) is 1.42. The van der Waals surface area contributed by atoms with Crippen LogP contribution in [0.15, 0.2) is 43.0 Å². The first-order valence-electron chi connectivity index (χ1n) is 4.47. The van der Waals surface area contributed by atoms with Crippen molar-refractivity contribution in [1.29, 1.82) is 0 Å². The quantitative estimate of drug-likeness (QED) is 0.417. The molecule has 0 heterocycles. The molecule has 3 heteroatoms. The molecule has 0 spiro atoms. The first kappa shape index (κ1) is 10.4. The highest BCUT2D eigenvalue weighted by molar-refractivity contribution is 5.24. The lowest BCUT2D eigenvalue weighted by atomic mass is 9.93. The molecule has 1 rings (SSSR count). The first-order valence-corrected chi connectivity index (χ1v) is 4.47. The Kier molecular flexibility index (Phi) is 3.40. The SMILES string of the molecule is C=CC(c1ccccc1)C(C)[N+](=O)[O-]. The molecule has 3 nitrogen and oxygen atoms in total. The van der Waals surface area contributed by atoms with Crippen LogP contribution >= 0.6 is 0 Å². The average Bonchev–Trinajstić information content (AvgIpc) is 2.20. The van der Waals surface area contributed by atoms with Gasteiger partial charge < -0.3 is 0 Å². The van der Waals surface area contributed by atoms with Gasteiger partial charge in [0, 0.05) is 11.8 Å². The van der Waals surface area contributed by atoms with Crippen LogP contribution in [0.3, 0.4) is 0 Å². The van der Waals surface area contributed by atoms with Gasteiger partial charge in [0.05, 0.1) is 5.92 Å². The van der Waals surface area contributed by atoms with Crippen LogP contribution in [0.25, 0.3) is 0 Å². The van der Waals surface area contributed by atoms with E-state index >= 15 is 0 Å². The molecule has 2 unspecified atom stereocenters. The van der Waals surface area contributed by atoms with Gasteiger partial charge in [-0.3, -0.25) is 10.1 Å². The molecule has 0 fully saturated rings. The maximum atomic E-state index is 10.6. The van der Waals surface area contributed by atoms with E-state index in [9.17, 15) is 10.1 Å². The van der Waals surface area contributed by atoms with Crippen LogP contribution in [0.4, 0.5) is 0 Å². The molecule has 0 amide bonds. The van der Waals surface area contributed by atoms with Crippen LogP contribution in [-0.4, -0.2) is 11.0 Å².